The first kappa shape index (κ1) is 12.4. The molecular formula is C13H10ClN3OS. The third-order valence-electron chi connectivity index (χ3n) is 2.95. The normalized spacial score (nSPS) is 13.8. The van der Waals surface area contributed by atoms with Gasteiger partial charge in [0.05, 0.1) is 28.5 Å². The van der Waals surface area contributed by atoms with Crippen LogP contribution >= 0.6 is 23.4 Å². The third-order valence-corrected chi connectivity index (χ3v) is 3.84. The summed E-state index contributed by atoms with van der Waals surface area (Å²) in [7, 11) is 0. The number of fused-ring (bicyclic) bond motifs is 1. The molecule has 0 N–H and O–H groups in total. The topological polar surface area (TPSA) is 46.1 Å². The molecule has 0 bridgehead atoms. The summed E-state index contributed by atoms with van der Waals surface area (Å²) >= 11 is 7.60. The largest absolute Gasteiger partial charge is 0.301 e. The number of thioether (sulfide) groups is 1. The van der Waals surface area contributed by atoms with Crippen LogP contribution in [0.4, 0.5) is 5.69 Å². The van der Waals surface area contributed by atoms with E-state index in [2.05, 4.69) is 9.97 Å². The van der Waals surface area contributed by atoms with Gasteiger partial charge in [0.15, 0.2) is 5.16 Å². The number of amides is 1. The van der Waals surface area contributed by atoms with Crippen molar-refractivity contribution in [1.82, 2.24) is 9.97 Å². The van der Waals surface area contributed by atoms with E-state index >= 15 is 0 Å². The van der Waals surface area contributed by atoms with Crippen molar-refractivity contribution in [3.63, 3.8) is 0 Å². The van der Waals surface area contributed by atoms with Gasteiger partial charge in [0.2, 0.25) is 0 Å². The molecule has 0 saturated carbocycles. The second kappa shape index (κ2) is 4.83. The minimum absolute atomic E-state index is 0.101. The molecule has 0 radical (unpaired) electrons. The van der Waals surface area contributed by atoms with E-state index in [0.717, 1.165) is 5.69 Å². The molecule has 0 unspecified atom stereocenters. The number of para-hydroxylation sites is 1. The smallest absolute Gasteiger partial charge is 0.262 e. The Kier molecular flexibility index (Phi) is 3.16. The molecule has 19 heavy (non-hydrogen) atoms. The SMILES string of the molecule is CSc1ncc2c(n1)CN(c1ccccc1Cl)C2=O. The van der Waals surface area contributed by atoms with Crippen molar-refractivity contribution < 1.29 is 4.79 Å². The second-order valence-corrected chi connectivity index (χ2v) is 5.24. The van der Waals surface area contributed by atoms with Crippen molar-refractivity contribution in [3.05, 3.63) is 46.7 Å². The Bertz CT molecular complexity index is 662. The van der Waals surface area contributed by atoms with Gasteiger partial charge in [0.25, 0.3) is 5.91 Å². The van der Waals surface area contributed by atoms with Crippen LogP contribution in [0.15, 0.2) is 35.6 Å². The zero-order valence-corrected chi connectivity index (χ0v) is 11.7. The first-order valence-electron chi connectivity index (χ1n) is 5.67. The molecule has 2 heterocycles. The molecule has 96 valence electrons. The third kappa shape index (κ3) is 2.09. The lowest BCUT2D eigenvalue weighted by molar-refractivity contribution is 0.0996. The second-order valence-electron chi connectivity index (χ2n) is 4.06. The summed E-state index contributed by atoms with van der Waals surface area (Å²) in [6, 6.07) is 7.29. The summed E-state index contributed by atoms with van der Waals surface area (Å²) in [5, 5.41) is 1.23. The Morgan fingerprint density at radius 1 is 1.37 bits per heavy atom. The monoisotopic (exact) mass is 291 g/mol. The number of nitrogens with zero attached hydrogens (tertiary/aromatic N) is 3. The molecule has 1 aliphatic heterocycles. The van der Waals surface area contributed by atoms with E-state index in [1.54, 1.807) is 17.2 Å². The maximum absolute atomic E-state index is 12.3. The van der Waals surface area contributed by atoms with Gasteiger partial charge in [0, 0.05) is 6.20 Å². The Hall–Kier alpha value is -1.59. The van der Waals surface area contributed by atoms with Gasteiger partial charge in [-0.1, -0.05) is 35.5 Å². The Morgan fingerprint density at radius 2 is 2.16 bits per heavy atom. The Labute approximate surface area is 119 Å². The van der Waals surface area contributed by atoms with E-state index in [9.17, 15) is 4.79 Å². The highest BCUT2D eigenvalue weighted by Gasteiger charge is 2.31. The quantitative estimate of drug-likeness (QED) is 0.630. The molecule has 4 nitrogen and oxygen atoms in total. The van der Waals surface area contributed by atoms with E-state index in [4.69, 9.17) is 11.6 Å². The van der Waals surface area contributed by atoms with E-state index in [1.807, 2.05) is 24.5 Å². The number of rotatable bonds is 2. The number of carbonyl (C=O) groups is 1. The summed E-state index contributed by atoms with van der Waals surface area (Å²) in [6.07, 6.45) is 3.50. The molecule has 1 amide bonds. The van der Waals surface area contributed by atoms with Gasteiger partial charge in [0.1, 0.15) is 0 Å². The number of hydrogen-bond donors (Lipinski definition) is 0. The molecule has 0 saturated heterocycles. The van der Waals surface area contributed by atoms with Crippen LogP contribution in [0.1, 0.15) is 16.1 Å². The zero-order valence-electron chi connectivity index (χ0n) is 10.1. The summed E-state index contributed by atoms with van der Waals surface area (Å²) in [6.45, 7) is 0.438. The van der Waals surface area contributed by atoms with Crippen LogP contribution in [0.3, 0.4) is 0 Å². The summed E-state index contributed by atoms with van der Waals surface area (Å²) < 4.78 is 0. The van der Waals surface area contributed by atoms with Gasteiger partial charge in [-0.05, 0) is 18.4 Å². The van der Waals surface area contributed by atoms with E-state index in [0.29, 0.717) is 28.0 Å². The van der Waals surface area contributed by atoms with Crippen LogP contribution in [-0.2, 0) is 6.54 Å². The number of anilines is 1. The maximum atomic E-state index is 12.3. The predicted molar refractivity (Wildman–Crippen MR) is 75.8 cm³/mol. The van der Waals surface area contributed by atoms with Crippen LogP contribution in [0.2, 0.25) is 5.02 Å². The Balaban J connectivity index is 2.01. The average molecular weight is 292 g/mol. The van der Waals surface area contributed by atoms with Crippen molar-refractivity contribution in [1.29, 1.82) is 0 Å². The molecule has 3 rings (SSSR count). The average Bonchev–Trinajstić information content (AvgIpc) is 2.76. The lowest BCUT2D eigenvalue weighted by Gasteiger charge is -2.16. The lowest BCUT2D eigenvalue weighted by atomic mass is 10.3. The fourth-order valence-electron chi connectivity index (χ4n) is 2.03. The minimum atomic E-state index is -0.101. The van der Waals surface area contributed by atoms with Crippen LogP contribution < -0.4 is 4.90 Å². The van der Waals surface area contributed by atoms with Gasteiger partial charge in [-0.3, -0.25) is 4.79 Å². The van der Waals surface area contributed by atoms with E-state index < -0.39 is 0 Å². The van der Waals surface area contributed by atoms with Crippen molar-refractivity contribution in [2.45, 2.75) is 11.7 Å². The molecule has 0 atom stereocenters. The molecule has 6 heteroatoms. The first-order valence-corrected chi connectivity index (χ1v) is 7.27. The van der Waals surface area contributed by atoms with Crippen molar-refractivity contribution >= 4 is 35.0 Å². The van der Waals surface area contributed by atoms with Gasteiger partial charge >= 0.3 is 0 Å². The van der Waals surface area contributed by atoms with Gasteiger partial charge in [-0.25, -0.2) is 9.97 Å². The van der Waals surface area contributed by atoms with Crippen LogP contribution in [0, 0.1) is 0 Å². The highest BCUT2D eigenvalue weighted by Crippen LogP contribution is 2.32. The zero-order chi connectivity index (χ0) is 13.4. The van der Waals surface area contributed by atoms with Crippen molar-refractivity contribution in [2.24, 2.45) is 0 Å². The predicted octanol–water partition coefficient (Wildman–Crippen LogP) is 3.01. The lowest BCUT2D eigenvalue weighted by Crippen LogP contribution is -2.23. The maximum Gasteiger partial charge on any atom is 0.262 e. The van der Waals surface area contributed by atoms with E-state index in [-0.39, 0.29) is 5.91 Å². The molecule has 2 aromatic rings. The van der Waals surface area contributed by atoms with Crippen LogP contribution in [-0.4, -0.2) is 22.1 Å². The number of aromatic nitrogens is 2. The first-order chi connectivity index (χ1) is 9.20. The number of carbonyl (C=O) groups excluding carboxylic acids is 1. The molecule has 1 aromatic heterocycles. The fraction of sp³-hybridized carbons (Fsp3) is 0.154. The minimum Gasteiger partial charge on any atom is -0.301 e. The number of halogens is 1. The van der Waals surface area contributed by atoms with E-state index in [1.165, 1.54) is 11.8 Å². The molecule has 0 fully saturated rings. The van der Waals surface area contributed by atoms with Gasteiger partial charge in [-0.15, -0.1) is 0 Å². The van der Waals surface area contributed by atoms with Crippen molar-refractivity contribution in [3.8, 4) is 0 Å². The fourth-order valence-corrected chi connectivity index (χ4v) is 2.63. The molecule has 1 aliphatic rings. The molecule has 0 spiro atoms. The van der Waals surface area contributed by atoms with Gasteiger partial charge in [-0.2, -0.15) is 0 Å². The van der Waals surface area contributed by atoms with Gasteiger partial charge < -0.3 is 4.90 Å². The Morgan fingerprint density at radius 3 is 2.89 bits per heavy atom. The summed E-state index contributed by atoms with van der Waals surface area (Å²) in [4.78, 5) is 22.5. The van der Waals surface area contributed by atoms with Crippen molar-refractivity contribution in [2.75, 3.05) is 11.2 Å². The molecule has 0 aliphatic carbocycles. The molecule has 1 aromatic carbocycles. The van der Waals surface area contributed by atoms with Crippen LogP contribution in [0.5, 0.6) is 0 Å². The van der Waals surface area contributed by atoms with Crippen LogP contribution in [0.25, 0.3) is 0 Å². The highest BCUT2D eigenvalue weighted by molar-refractivity contribution is 7.98. The summed E-state index contributed by atoms with van der Waals surface area (Å²) in [5.74, 6) is -0.101. The standard InChI is InChI=1S/C13H10ClN3OS/c1-19-13-15-6-8-10(16-13)7-17(12(8)18)11-5-3-2-4-9(11)14/h2-6H,7H2,1H3. The highest BCUT2D eigenvalue weighted by atomic mass is 35.5. The number of benzene rings is 1. The number of hydrogen-bond acceptors (Lipinski definition) is 4. The summed E-state index contributed by atoms with van der Waals surface area (Å²) in [5.41, 5.74) is 2.01. The molecular weight excluding hydrogens is 282 g/mol.